The smallest absolute Gasteiger partial charge is 0.305 e. The van der Waals surface area contributed by atoms with Crippen molar-refractivity contribution in [3.8, 4) is 0 Å². The van der Waals surface area contributed by atoms with Crippen molar-refractivity contribution < 1.29 is 55.5 Å². The normalized spacial score (nSPS) is 27.4. The molecular weight excluding hydrogens is 404 g/mol. The third-order valence-electron chi connectivity index (χ3n) is 3.23. The number of carbonyl (C=O) groups is 4. The summed E-state index contributed by atoms with van der Waals surface area (Å²) in [5, 5.41) is 0. The van der Waals surface area contributed by atoms with E-state index in [0.29, 0.717) is 0 Å². The highest BCUT2D eigenvalue weighted by atomic mass is 32.2. The molecule has 13 heteroatoms. The molecule has 28 heavy (non-hydrogen) atoms. The predicted molar refractivity (Wildman–Crippen MR) is 87.9 cm³/mol. The van der Waals surface area contributed by atoms with Gasteiger partial charge in [-0.25, -0.2) is 0 Å². The summed E-state index contributed by atoms with van der Waals surface area (Å²) in [4.78, 5) is 45.9. The molecule has 160 valence electrons. The van der Waals surface area contributed by atoms with Gasteiger partial charge in [-0.3, -0.25) is 23.4 Å². The highest BCUT2D eigenvalue weighted by molar-refractivity contribution is 7.85. The fourth-order valence-electron chi connectivity index (χ4n) is 2.44. The van der Waals surface area contributed by atoms with E-state index < -0.39 is 71.3 Å². The average Bonchev–Trinajstić information content (AvgIpc) is 2.48. The first-order valence-electron chi connectivity index (χ1n) is 7.99. The van der Waals surface area contributed by atoms with E-state index in [2.05, 4.69) is 4.18 Å². The van der Waals surface area contributed by atoms with Crippen molar-refractivity contribution in [2.75, 3.05) is 12.9 Å². The monoisotopic (exact) mass is 426 g/mol. The SMILES string of the molecule is CC(=O)O[C@@H]1O[C@H](COS(C)(=O)=O)[C@@H](OC(C)=O)[C@H](OC(C)=O)[C@H]1OC(C)=O. The highest BCUT2D eigenvalue weighted by Gasteiger charge is 2.53. The van der Waals surface area contributed by atoms with Crippen molar-refractivity contribution in [2.24, 2.45) is 0 Å². The molecule has 0 aromatic heterocycles. The molecule has 0 amide bonds. The first-order valence-corrected chi connectivity index (χ1v) is 9.80. The van der Waals surface area contributed by atoms with Crippen LogP contribution in [-0.4, -0.2) is 75.9 Å². The van der Waals surface area contributed by atoms with E-state index in [4.69, 9.17) is 23.7 Å². The zero-order chi connectivity index (χ0) is 21.6. The summed E-state index contributed by atoms with van der Waals surface area (Å²) in [5.41, 5.74) is 0. The van der Waals surface area contributed by atoms with Crippen LogP contribution >= 0.6 is 0 Å². The van der Waals surface area contributed by atoms with Crippen molar-refractivity contribution in [1.82, 2.24) is 0 Å². The van der Waals surface area contributed by atoms with Crippen LogP contribution in [-0.2, 0) is 57.2 Å². The Morgan fingerprint density at radius 1 is 0.750 bits per heavy atom. The Morgan fingerprint density at radius 3 is 1.61 bits per heavy atom. The van der Waals surface area contributed by atoms with Gasteiger partial charge in [0.25, 0.3) is 10.1 Å². The molecule has 0 aromatic carbocycles. The van der Waals surface area contributed by atoms with E-state index in [1.807, 2.05) is 0 Å². The minimum absolute atomic E-state index is 0.654. The van der Waals surface area contributed by atoms with Crippen LogP contribution in [0, 0.1) is 0 Å². The fourth-order valence-corrected chi connectivity index (χ4v) is 2.82. The van der Waals surface area contributed by atoms with Crippen LogP contribution < -0.4 is 0 Å². The first-order chi connectivity index (χ1) is 12.8. The van der Waals surface area contributed by atoms with E-state index in [1.54, 1.807) is 0 Å². The molecule has 0 spiro atoms. The summed E-state index contributed by atoms with van der Waals surface area (Å²) in [6.07, 6.45) is -6.49. The topological polar surface area (TPSA) is 158 Å². The largest absolute Gasteiger partial charge is 0.456 e. The lowest BCUT2D eigenvalue weighted by Crippen LogP contribution is -2.63. The Labute approximate surface area is 161 Å². The van der Waals surface area contributed by atoms with Gasteiger partial charge in [-0.05, 0) is 0 Å². The third-order valence-corrected chi connectivity index (χ3v) is 3.79. The Kier molecular flexibility index (Phi) is 8.32. The van der Waals surface area contributed by atoms with Crippen LogP contribution in [0.4, 0.5) is 0 Å². The minimum atomic E-state index is -3.91. The molecule has 1 fully saturated rings. The average molecular weight is 426 g/mol. The van der Waals surface area contributed by atoms with E-state index in [-0.39, 0.29) is 0 Å². The van der Waals surface area contributed by atoms with Crippen molar-refractivity contribution in [1.29, 1.82) is 0 Å². The van der Waals surface area contributed by atoms with Crippen LogP contribution in [0.1, 0.15) is 27.7 Å². The summed E-state index contributed by atoms with van der Waals surface area (Å²) in [7, 11) is -3.91. The van der Waals surface area contributed by atoms with E-state index in [0.717, 1.165) is 34.0 Å². The molecule has 12 nitrogen and oxygen atoms in total. The molecule has 1 rings (SSSR count). The van der Waals surface area contributed by atoms with Crippen molar-refractivity contribution in [2.45, 2.75) is 58.4 Å². The van der Waals surface area contributed by atoms with Gasteiger partial charge in [0.2, 0.25) is 12.4 Å². The number of carbonyl (C=O) groups excluding carboxylic acids is 4. The lowest BCUT2D eigenvalue weighted by molar-refractivity contribution is -0.298. The predicted octanol–water partition coefficient (Wildman–Crippen LogP) is -0.954. The number of hydrogen-bond donors (Lipinski definition) is 0. The van der Waals surface area contributed by atoms with Crippen LogP contribution in [0.5, 0.6) is 0 Å². The second-order valence-electron chi connectivity index (χ2n) is 5.86. The number of ether oxygens (including phenoxy) is 5. The molecule has 0 radical (unpaired) electrons. The second-order valence-corrected chi connectivity index (χ2v) is 7.51. The standard InChI is InChI=1S/C15H22O12S/c1-7(16)23-12-11(6-22-28(5,20)21)27-15(26-10(4)19)14(25-9(3)18)13(12)24-8(2)17/h11-15H,6H2,1-5H3/t11-,12-,13+,14-,15-/m1/s1. The molecule has 5 atom stereocenters. The van der Waals surface area contributed by atoms with Gasteiger partial charge in [0, 0.05) is 27.7 Å². The zero-order valence-corrected chi connectivity index (χ0v) is 16.7. The molecule has 0 unspecified atom stereocenters. The highest BCUT2D eigenvalue weighted by Crippen LogP contribution is 2.30. The third kappa shape index (κ3) is 7.78. The fraction of sp³-hybridized carbons (Fsp3) is 0.733. The van der Waals surface area contributed by atoms with Gasteiger partial charge in [-0.1, -0.05) is 0 Å². The number of esters is 4. The van der Waals surface area contributed by atoms with Crippen LogP contribution in [0.25, 0.3) is 0 Å². The maximum Gasteiger partial charge on any atom is 0.305 e. The van der Waals surface area contributed by atoms with E-state index in [1.165, 1.54) is 0 Å². The lowest BCUT2D eigenvalue weighted by atomic mass is 9.98. The van der Waals surface area contributed by atoms with Crippen LogP contribution in [0.3, 0.4) is 0 Å². The van der Waals surface area contributed by atoms with Crippen molar-refractivity contribution >= 4 is 34.0 Å². The maximum absolute atomic E-state index is 11.5. The summed E-state index contributed by atoms with van der Waals surface area (Å²) in [6, 6.07) is 0. The molecule has 1 aliphatic rings. The maximum atomic E-state index is 11.5. The lowest BCUT2D eigenvalue weighted by Gasteiger charge is -2.43. The molecule has 0 aliphatic carbocycles. The van der Waals surface area contributed by atoms with Gasteiger partial charge < -0.3 is 23.7 Å². The molecule has 0 aromatic rings. The van der Waals surface area contributed by atoms with Crippen molar-refractivity contribution in [3.63, 3.8) is 0 Å². The number of hydrogen-bond acceptors (Lipinski definition) is 12. The van der Waals surface area contributed by atoms with Gasteiger partial charge >= 0.3 is 23.9 Å². The first kappa shape index (κ1) is 23.8. The van der Waals surface area contributed by atoms with Gasteiger partial charge in [-0.2, -0.15) is 8.42 Å². The van der Waals surface area contributed by atoms with Gasteiger partial charge in [0.15, 0.2) is 12.2 Å². The molecule has 0 saturated carbocycles. The minimum Gasteiger partial charge on any atom is -0.456 e. The second kappa shape index (κ2) is 9.80. The zero-order valence-electron chi connectivity index (χ0n) is 15.9. The summed E-state index contributed by atoms with van der Waals surface area (Å²) in [6.45, 7) is 3.55. The van der Waals surface area contributed by atoms with Crippen molar-refractivity contribution in [3.05, 3.63) is 0 Å². The van der Waals surface area contributed by atoms with Crippen LogP contribution in [0.2, 0.25) is 0 Å². The summed E-state index contributed by atoms with van der Waals surface area (Å²) >= 11 is 0. The molecule has 1 aliphatic heterocycles. The molecule has 0 bridgehead atoms. The quantitative estimate of drug-likeness (QED) is 0.279. The molecule has 0 N–H and O–H groups in total. The Balaban J connectivity index is 3.33. The molecule has 1 heterocycles. The number of rotatable bonds is 7. The van der Waals surface area contributed by atoms with Gasteiger partial charge in [0.1, 0.15) is 6.10 Å². The van der Waals surface area contributed by atoms with Gasteiger partial charge in [-0.15, -0.1) is 0 Å². The van der Waals surface area contributed by atoms with E-state index >= 15 is 0 Å². The Morgan fingerprint density at radius 2 is 1.18 bits per heavy atom. The Hall–Kier alpha value is -2.25. The van der Waals surface area contributed by atoms with E-state index in [9.17, 15) is 27.6 Å². The summed E-state index contributed by atoms with van der Waals surface area (Å²) in [5.74, 6) is -3.29. The summed E-state index contributed by atoms with van der Waals surface area (Å²) < 4.78 is 53.0. The molecular formula is C15H22O12S. The Bertz CT molecular complexity index is 715. The van der Waals surface area contributed by atoms with Crippen LogP contribution in [0.15, 0.2) is 0 Å². The van der Waals surface area contributed by atoms with Gasteiger partial charge in [0.05, 0.1) is 12.9 Å². The molecule has 1 saturated heterocycles.